The fourth-order valence-corrected chi connectivity index (χ4v) is 2.54. The third-order valence-electron chi connectivity index (χ3n) is 3.94. The smallest absolute Gasteiger partial charge is 0.237 e. The maximum Gasteiger partial charge on any atom is 0.237 e. The molecule has 1 fully saturated rings. The first-order chi connectivity index (χ1) is 9.70. The van der Waals surface area contributed by atoms with Gasteiger partial charge in [0, 0.05) is 6.54 Å². The molecule has 1 amide bonds. The van der Waals surface area contributed by atoms with Gasteiger partial charge in [0.25, 0.3) is 0 Å². The van der Waals surface area contributed by atoms with Crippen LogP contribution in [0.4, 0.5) is 0 Å². The molecule has 0 saturated carbocycles. The minimum absolute atomic E-state index is 0. The number of benzene rings is 1. The van der Waals surface area contributed by atoms with Gasteiger partial charge in [0.05, 0.1) is 13.2 Å². The molecule has 1 saturated heterocycles. The Kier molecular flexibility index (Phi) is 7.54. The number of hydrogen-bond donors (Lipinski definition) is 2. The molecule has 2 rings (SSSR count). The second-order valence-electron chi connectivity index (χ2n) is 5.40. The number of nitrogens with one attached hydrogen (secondary N) is 2. The highest BCUT2D eigenvalue weighted by molar-refractivity contribution is 5.85. The lowest BCUT2D eigenvalue weighted by atomic mass is 9.98. The second kappa shape index (κ2) is 8.90. The highest BCUT2D eigenvalue weighted by Crippen LogP contribution is 2.21. The lowest BCUT2D eigenvalue weighted by Crippen LogP contribution is -2.40. The molecule has 0 bridgehead atoms. The molecule has 2 atom stereocenters. The van der Waals surface area contributed by atoms with Gasteiger partial charge in [-0.2, -0.15) is 0 Å². The summed E-state index contributed by atoms with van der Waals surface area (Å²) in [7, 11) is 1.67. The summed E-state index contributed by atoms with van der Waals surface area (Å²) in [6.07, 6.45) is 3.00. The molecule has 2 unspecified atom stereocenters. The van der Waals surface area contributed by atoms with Crippen molar-refractivity contribution in [3.05, 3.63) is 29.8 Å². The number of carbonyl (C=O) groups excluding carboxylic acids is 1. The first-order valence-electron chi connectivity index (χ1n) is 7.35. The number of amides is 1. The number of ether oxygens (including phenoxy) is 1. The van der Waals surface area contributed by atoms with Crippen LogP contribution in [0.5, 0.6) is 5.75 Å². The Hall–Kier alpha value is -1.26. The van der Waals surface area contributed by atoms with Gasteiger partial charge in [-0.1, -0.05) is 19.1 Å². The predicted molar refractivity (Wildman–Crippen MR) is 87.3 cm³/mol. The fourth-order valence-electron chi connectivity index (χ4n) is 2.54. The van der Waals surface area contributed by atoms with E-state index in [2.05, 4.69) is 29.7 Å². The first-order valence-corrected chi connectivity index (χ1v) is 7.35. The maximum atomic E-state index is 11.9. The van der Waals surface area contributed by atoms with E-state index in [-0.39, 0.29) is 24.4 Å². The molecule has 4 nitrogen and oxygen atoms in total. The molecule has 1 heterocycles. The maximum absolute atomic E-state index is 11.9. The third kappa shape index (κ3) is 5.21. The Balaban J connectivity index is 0.00000220. The minimum atomic E-state index is 0. The van der Waals surface area contributed by atoms with E-state index in [4.69, 9.17) is 4.74 Å². The normalized spacial score (nSPS) is 18.7. The zero-order chi connectivity index (χ0) is 14.4. The van der Waals surface area contributed by atoms with Crippen molar-refractivity contribution < 1.29 is 9.53 Å². The molecule has 2 N–H and O–H groups in total. The highest BCUT2D eigenvalue weighted by Gasteiger charge is 2.21. The van der Waals surface area contributed by atoms with Gasteiger partial charge >= 0.3 is 0 Å². The quantitative estimate of drug-likeness (QED) is 0.848. The van der Waals surface area contributed by atoms with Crippen LogP contribution in [0.1, 0.15) is 37.7 Å². The molecule has 0 aliphatic carbocycles. The number of methoxy groups -OCH3 is 1. The van der Waals surface area contributed by atoms with Crippen LogP contribution in [-0.2, 0) is 4.79 Å². The molecule has 1 aromatic rings. The van der Waals surface area contributed by atoms with Crippen molar-refractivity contribution in [2.75, 3.05) is 20.2 Å². The van der Waals surface area contributed by atoms with Gasteiger partial charge in [0.1, 0.15) is 5.75 Å². The summed E-state index contributed by atoms with van der Waals surface area (Å²) in [6, 6.07) is 8.15. The molecule has 21 heavy (non-hydrogen) atoms. The van der Waals surface area contributed by atoms with Gasteiger partial charge in [0.2, 0.25) is 5.91 Å². The van der Waals surface area contributed by atoms with Crippen molar-refractivity contribution in [3.63, 3.8) is 0 Å². The molecular weight excluding hydrogens is 288 g/mol. The lowest BCUT2D eigenvalue weighted by molar-refractivity contribution is -0.122. The second-order valence-corrected chi connectivity index (χ2v) is 5.40. The lowest BCUT2D eigenvalue weighted by Gasteiger charge is -2.15. The largest absolute Gasteiger partial charge is 0.497 e. The molecule has 5 heteroatoms. The summed E-state index contributed by atoms with van der Waals surface area (Å²) in [4.78, 5) is 11.9. The molecular formula is C16H25ClN2O2. The zero-order valence-corrected chi connectivity index (χ0v) is 13.5. The first kappa shape index (κ1) is 17.8. The summed E-state index contributed by atoms with van der Waals surface area (Å²) >= 11 is 0. The molecule has 1 aliphatic rings. The Morgan fingerprint density at radius 3 is 2.71 bits per heavy atom. The van der Waals surface area contributed by atoms with E-state index in [0.29, 0.717) is 5.92 Å². The van der Waals surface area contributed by atoms with Gasteiger partial charge in [-0.25, -0.2) is 0 Å². The Labute approximate surface area is 133 Å². The van der Waals surface area contributed by atoms with E-state index in [9.17, 15) is 4.79 Å². The Bertz CT molecular complexity index is 430. The van der Waals surface area contributed by atoms with Crippen LogP contribution in [-0.4, -0.2) is 32.1 Å². The van der Waals surface area contributed by atoms with E-state index >= 15 is 0 Å². The van der Waals surface area contributed by atoms with E-state index in [1.54, 1.807) is 7.11 Å². The topological polar surface area (TPSA) is 50.4 Å². The molecule has 1 aromatic carbocycles. The van der Waals surface area contributed by atoms with Crippen molar-refractivity contribution in [3.8, 4) is 5.75 Å². The summed E-state index contributed by atoms with van der Waals surface area (Å²) in [5.41, 5.74) is 1.28. The van der Waals surface area contributed by atoms with Crippen LogP contribution in [0.2, 0.25) is 0 Å². The van der Waals surface area contributed by atoms with Crippen LogP contribution in [0.25, 0.3) is 0 Å². The van der Waals surface area contributed by atoms with Crippen molar-refractivity contribution >= 4 is 18.3 Å². The average Bonchev–Trinajstić information content (AvgIpc) is 3.01. The summed E-state index contributed by atoms with van der Waals surface area (Å²) in [5, 5.41) is 6.23. The Morgan fingerprint density at radius 2 is 2.14 bits per heavy atom. The van der Waals surface area contributed by atoms with Gasteiger partial charge in [-0.3, -0.25) is 4.79 Å². The number of carbonyl (C=O) groups is 1. The summed E-state index contributed by atoms with van der Waals surface area (Å²) in [5.74, 6) is 1.45. The predicted octanol–water partition coefficient (Wildman–Crippen LogP) is 2.48. The van der Waals surface area contributed by atoms with Gasteiger partial charge < -0.3 is 15.4 Å². The average molecular weight is 313 g/mol. The van der Waals surface area contributed by atoms with Gasteiger partial charge in [-0.05, 0) is 49.4 Å². The summed E-state index contributed by atoms with van der Waals surface area (Å²) < 4.78 is 5.15. The van der Waals surface area contributed by atoms with Crippen LogP contribution >= 0.6 is 12.4 Å². The summed E-state index contributed by atoms with van der Waals surface area (Å²) in [6.45, 7) is 3.87. The molecule has 0 radical (unpaired) electrons. The monoisotopic (exact) mass is 312 g/mol. The van der Waals surface area contributed by atoms with Crippen molar-refractivity contribution in [2.24, 2.45) is 0 Å². The molecule has 1 aliphatic heterocycles. The van der Waals surface area contributed by atoms with E-state index in [1.807, 2.05) is 12.1 Å². The van der Waals surface area contributed by atoms with Crippen LogP contribution < -0.4 is 15.4 Å². The van der Waals surface area contributed by atoms with Gasteiger partial charge in [0.15, 0.2) is 0 Å². The third-order valence-corrected chi connectivity index (χ3v) is 3.94. The van der Waals surface area contributed by atoms with Crippen LogP contribution in [0.15, 0.2) is 24.3 Å². The SMILES string of the molecule is COc1ccc(C(C)CCNC(=O)C2CCCN2)cc1.Cl. The number of rotatable bonds is 6. The van der Waals surface area contributed by atoms with Crippen LogP contribution in [0.3, 0.4) is 0 Å². The molecule has 0 spiro atoms. The van der Waals surface area contributed by atoms with Crippen LogP contribution in [0, 0.1) is 0 Å². The Morgan fingerprint density at radius 1 is 1.43 bits per heavy atom. The van der Waals surface area contributed by atoms with Gasteiger partial charge in [-0.15, -0.1) is 12.4 Å². The number of hydrogen-bond acceptors (Lipinski definition) is 3. The molecule has 0 aromatic heterocycles. The van der Waals surface area contributed by atoms with Crippen molar-refractivity contribution in [2.45, 2.75) is 38.1 Å². The fraction of sp³-hybridized carbons (Fsp3) is 0.562. The van der Waals surface area contributed by atoms with E-state index in [1.165, 1.54) is 5.56 Å². The number of halogens is 1. The van der Waals surface area contributed by atoms with E-state index < -0.39 is 0 Å². The zero-order valence-electron chi connectivity index (χ0n) is 12.7. The molecule has 118 valence electrons. The van der Waals surface area contributed by atoms with E-state index in [0.717, 1.165) is 38.1 Å². The van der Waals surface area contributed by atoms with Crippen molar-refractivity contribution in [1.29, 1.82) is 0 Å². The standard InChI is InChI=1S/C16H24N2O2.ClH/c1-12(13-5-7-14(20-2)8-6-13)9-11-18-16(19)15-4-3-10-17-15;/h5-8,12,15,17H,3-4,9-11H2,1-2H3,(H,18,19);1H. The minimum Gasteiger partial charge on any atom is -0.497 e. The van der Waals surface area contributed by atoms with Crippen molar-refractivity contribution in [1.82, 2.24) is 10.6 Å². The highest BCUT2D eigenvalue weighted by atomic mass is 35.5.